The number of hydrogen-bond donors (Lipinski definition) is 0. The summed E-state index contributed by atoms with van der Waals surface area (Å²) in [5.74, 6) is 0.207. The van der Waals surface area contributed by atoms with E-state index in [0.717, 1.165) is 0 Å². The smallest absolute Gasteiger partial charge is 0.272 e. The van der Waals surface area contributed by atoms with Crippen LogP contribution in [0.1, 0.15) is 0 Å². The Hall–Kier alpha value is -1.91. The molecule has 0 spiro atoms. The zero-order valence-electron chi connectivity index (χ0n) is 8.38. The van der Waals surface area contributed by atoms with E-state index in [1.165, 1.54) is 6.20 Å². The monoisotopic (exact) mass is 224 g/mol. The van der Waals surface area contributed by atoms with E-state index >= 15 is 0 Å². The van der Waals surface area contributed by atoms with Gasteiger partial charge in [-0.25, -0.2) is 13.8 Å². The maximum absolute atomic E-state index is 12.0. The summed E-state index contributed by atoms with van der Waals surface area (Å²) in [6.07, 6.45) is 2.60. The highest BCUT2D eigenvalue weighted by Gasteiger charge is 2.09. The van der Waals surface area contributed by atoms with Crippen LogP contribution in [0.4, 0.5) is 8.78 Å². The van der Waals surface area contributed by atoms with Gasteiger partial charge in [-0.2, -0.15) is 0 Å². The van der Waals surface area contributed by atoms with Gasteiger partial charge in [-0.15, -0.1) is 0 Å². The average Bonchev–Trinajstić information content (AvgIpc) is 2.80. The molecule has 0 fully saturated rings. The second-order valence-electron chi connectivity index (χ2n) is 3.12. The van der Waals surface area contributed by atoms with Gasteiger partial charge in [0.2, 0.25) is 5.88 Å². The van der Waals surface area contributed by atoms with E-state index in [2.05, 4.69) is 4.98 Å². The van der Waals surface area contributed by atoms with Crippen molar-refractivity contribution >= 4 is 0 Å². The summed E-state index contributed by atoms with van der Waals surface area (Å²) in [5.41, 5.74) is 0.646. The van der Waals surface area contributed by atoms with Gasteiger partial charge in [0.05, 0.1) is 0 Å². The lowest BCUT2D eigenvalue weighted by atomic mass is 10.4. The molecule has 0 aromatic carbocycles. The minimum atomic E-state index is -2.50. The van der Waals surface area contributed by atoms with Crippen LogP contribution >= 0.6 is 0 Å². The third-order valence-corrected chi connectivity index (χ3v) is 1.98. The number of ether oxygens (including phenoxy) is 1. The molecule has 0 unspecified atom stereocenters. The normalized spacial score (nSPS) is 10.7. The van der Waals surface area contributed by atoms with Crippen molar-refractivity contribution in [3.8, 4) is 11.6 Å². The van der Waals surface area contributed by atoms with Gasteiger partial charge in [-0.05, 0) is 24.3 Å². The van der Waals surface area contributed by atoms with Crippen molar-refractivity contribution in [3.63, 3.8) is 0 Å². The minimum absolute atomic E-state index is 0.207. The lowest BCUT2D eigenvalue weighted by molar-refractivity contribution is 0.0795. The Balaban J connectivity index is 2.24. The first-order valence-electron chi connectivity index (χ1n) is 4.76. The first-order chi connectivity index (χ1) is 7.77. The van der Waals surface area contributed by atoms with E-state index in [0.29, 0.717) is 5.69 Å². The van der Waals surface area contributed by atoms with Gasteiger partial charge in [-0.1, -0.05) is 0 Å². The first kappa shape index (κ1) is 10.6. The summed E-state index contributed by atoms with van der Waals surface area (Å²) in [4.78, 5) is 3.93. The van der Waals surface area contributed by atoms with Crippen LogP contribution in [-0.4, -0.2) is 22.6 Å². The van der Waals surface area contributed by atoms with E-state index in [4.69, 9.17) is 4.74 Å². The fourth-order valence-electron chi connectivity index (χ4n) is 1.33. The molecule has 16 heavy (non-hydrogen) atoms. The predicted octanol–water partition coefficient (Wildman–Crippen LogP) is 2.52. The number of rotatable bonds is 4. The SMILES string of the molecule is FC(F)COc1ncccc1-n1cccc1. The lowest BCUT2D eigenvalue weighted by Gasteiger charge is -2.10. The second-order valence-corrected chi connectivity index (χ2v) is 3.12. The zero-order valence-corrected chi connectivity index (χ0v) is 8.38. The van der Waals surface area contributed by atoms with Crippen LogP contribution in [0.25, 0.3) is 5.69 Å². The third-order valence-electron chi connectivity index (χ3n) is 1.98. The molecule has 0 saturated carbocycles. The molecule has 2 aromatic rings. The summed E-state index contributed by atoms with van der Waals surface area (Å²) >= 11 is 0. The first-order valence-corrected chi connectivity index (χ1v) is 4.76. The molecule has 0 amide bonds. The largest absolute Gasteiger partial charge is 0.470 e. The highest BCUT2D eigenvalue weighted by atomic mass is 19.3. The quantitative estimate of drug-likeness (QED) is 0.797. The molecule has 0 N–H and O–H groups in total. The van der Waals surface area contributed by atoms with Gasteiger partial charge < -0.3 is 9.30 Å². The molecule has 3 nitrogen and oxygen atoms in total. The molecule has 2 aromatic heterocycles. The van der Waals surface area contributed by atoms with E-state index in [1.807, 2.05) is 12.1 Å². The van der Waals surface area contributed by atoms with Crippen molar-refractivity contribution in [3.05, 3.63) is 42.9 Å². The molecule has 5 heteroatoms. The van der Waals surface area contributed by atoms with Gasteiger partial charge >= 0.3 is 0 Å². The molecular formula is C11H10F2N2O. The molecule has 0 radical (unpaired) electrons. The molecule has 0 aliphatic carbocycles. The molecule has 0 aliphatic rings. The van der Waals surface area contributed by atoms with Gasteiger partial charge in [0.1, 0.15) is 5.69 Å². The van der Waals surface area contributed by atoms with Crippen LogP contribution in [-0.2, 0) is 0 Å². The molecule has 0 saturated heterocycles. The second kappa shape index (κ2) is 4.74. The van der Waals surface area contributed by atoms with Crippen molar-refractivity contribution in [2.75, 3.05) is 6.61 Å². The summed E-state index contributed by atoms with van der Waals surface area (Å²) in [6.45, 7) is -0.648. The minimum Gasteiger partial charge on any atom is -0.470 e. The number of hydrogen-bond acceptors (Lipinski definition) is 2. The maximum atomic E-state index is 12.0. The van der Waals surface area contributed by atoms with E-state index in [1.54, 1.807) is 29.1 Å². The van der Waals surface area contributed by atoms with Gasteiger partial charge in [-0.3, -0.25) is 0 Å². The lowest BCUT2D eigenvalue weighted by Crippen LogP contribution is -2.09. The summed E-state index contributed by atoms with van der Waals surface area (Å²) in [5, 5.41) is 0. The predicted molar refractivity (Wildman–Crippen MR) is 55.1 cm³/mol. The van der Waals surface area contributed by atoms with Crippen molar-refractivity contribution < 1.29 is 13.5 Å². The Morgan fingerprint density at radius 3 is 2.69 bits per heavy atom. The van der Waals surface area contributed by atoms with E-state index in [9.17, 15) is 8.78 Å². The third kappa shape index (κ3) is 2.36. The summed E-state index contributed by atoms with van der Waals surface area (Å²) < 4.78 is 30.8. The zero-order chi connectivity index (χ0) is 11.4. The van der Waals surface area contributed by atoms with Crippen molar-refractivity contribution in [1.82, 2.24) is 9.55 Å². The Kier molecular flexibility index (Phi) is 3.14. The maximum Gasteiger partial charge on any atom is 0.272 e. The Labute approximate surface area is 91.3 Å². The molecule has 2 heterocycles. The molecular weight excluding hydrogens is 214 g/mol. The van der Waals surface area contributed by atoms with Crippen molar-refractivity contribution in [2.45, 2.75) is 6.43 Å². The molecule has 2 rings (SSSR count). The van der Waals surface area contributed by atoms with Crippen molar-refractivity contribution in [1.29, 1.82) is 0 Å². The van der Waals surface area contributed by atoms with Gasteiger partial charge in [0.15, 0.2) is 6.61 Å². The highest BCUT2D eigenvalue weighted by molar-refractivity contribution is 5.41. The van der Waals surface area contributed by atoms with E-state index in [-0.39, 0.29) is 5.88 Å². The number of pyridine rings is 1. The highest BCUT2D eigenvalue weighted by Crippen LogP contribution is 2.19. The number of alkyl halides is 2. The standard InChI is InChI=1S/C11H10F2N2O/c12-10(13)8-16-11-9(4-3-5-14-11)15-6-1-2-7-15/h1-7,10H,8H2. The average molecular weight is 224 g/mol. The van der Waals surface area contributed by atoms with Crippen LogP contribution in [0.3, 0.4) is 0 Å². The Morgan fingerprint density at radius 2 is 2.00 bits per heavy atom. The van der Waals surface area contributed by atoms with Gasteiger partial charge in [0, 0.05) is 18.6 Å². The fourth-order valence-corrected chi connectivity index (χ4v) is 1.33. The van der Waals surface area contributed by atoms with Crippen LogP contribution in [0.2, 0.25) is 0 Å². The Morgan fingerprint density at radius 1 is 1.25 bits per heavy atom. The van der Waals surface area contributed by atoms with Crippen LogP contribution in [0.15, 0.2) is 42.9 Å². The van der Waals surface area contributed by atoms with Crippen LogP contribution in [0, 0.1) is 0 Å². The molecule has 0 bridgehead atoms. The summed E-state index contributed by atoms with van der Waals surface area (Å²) in [6, 6.07) is 7.16. The molecule has 84 valence electrons. The number of halogens is 2. The summed E-state index contributed by atoms with van der Waals surface area (Å²) in [7, 11) is 0. The van der Waals surface area contributed by atoms with Crippen LogP contribution < -0.4 is 4.74 Å². The Bertz CT molecular complexity index is 443. The number of nitrogens with zero attached hydrogens (tertiary/aromatic N) is 2. The molecule has 0 atom stereocenters. The molecule has 0 aliphatic heterocycles. The van der Waals surface area contributed by atoms with Crippen molar-refractivity contribution in [2.24, 2.45) is 0 Å². The number of aromatic nitrogens is 2. The van der Waals surface area contributed by atoms with E-state index < -0.39 is 13.0 Å². The topological polar surface area (TPSA) is 27.1 Å². The fraction of sp³-hybridized carbons (Fsp3) is 0.182. The van der Waals surface area contributed by atoms with Gasteiger partial charge in [0.25, 0.3) is 6.43 Å². The van der Waals surface area contributed by atoms with Crippen LogP contribution in [0.5, 0.6) is 5.88 Å².